The number of esters is 1. The summed E-state index contributed by atoms with van der Waals surface area (Å²) >= 11 is 6.23. The van der Waals surface area contributed by atoms with Crippen LogP contribution in [0.1, 0.15) is 15.9 Å². The molecule has 2 aliphatic rings. The lowest BCUT2D eigenvalue weighted by Gasteiger charge is -2.26. The number of fused-ring (bicyclic) bond motifs is 1. The number of benzene rings is 2. The third-order valence-electron chi connectivity index (χ3n) is 5.03. The molecule has 2 aromatic rings. The first-order valence-corrected chi connectivity index (χ1v) is 11.7. The fourth-order valence-corrected chi connectivity index (χ4v) is 5.14. The van der Waals surface area contributed by atoms with Crippen LogP contribution in [0, 0.1) is 0 Å². The average Bonchev–Trinajstić information content (AvgIpc) is 2.82. The summed E-state index contributed by atoms with van der Waals surface area (Å²) in [6.07, 6.45) is 0. The van der Waals surface area contributed by atoms with Crippen LogP contribution in [0.4, 0.5) is 0 Å². The van der Waals surface area contributed by atoms with Crippen LogP contribution < -0.4 is 14.2 Å². The maximum absolute atomic E-state index is 13.0. The Morgan fingerprint density at radius 1 is 1.09 bits per heavy atom. The van der Waals surface area contributed by atoms with E-state index in [-0.39, 0.29) is 35.9 Å². The predicted octanol–water partition coefficient (Wildman–Crippen LogP) is 2.50. The normalized spacial score (nSPS) is 16.4. The highest BCUT2D eigenvalue weighted by molar-refractivity contribution is 7.89. The number of nitrogens with zero attached hydrogens (tertiary/aromatic N) is 1. The van der Waals surface area contributed by atoms with Gasteiger partial charge in [-0.3, -0.25) is 0 Å². The number of ether oxygens (including phenoxy) is 5. The van der Waals surface area contributed by atoms with Gasteiger partial charge in [-0.05, 0) is 35.9 Å². The number of methoxy groups -OCH3 is 1. The molecular weight excluding hydrogens is 462 g/mol. The second kappa shape index (κ2) is 9.53. The first-order chi connectivity index (χ1) is 15.4. The van der Waals surface area contributed by atoms with Crippen LogP contribution in [-0.2, 0) is 26.1 Å². The number of morpholine rings is 1. The molecule has 1 fully saturated rings. The number of hydrogen-bond acceptors (Lipinski definition) is 8. The smallest absolute Gasteiger partial charge is 0.342 e. The molecule has 172 valence electrons. The number of rotatable bonds is 6. The van der Waals surface area contributed by atoms with Crippen LogP contribution in [0.5, 0.6) is 17.2 Å². The third kappa shape index (κ3) is 4.63. The highest BCUT2D eigenvalue weighted by Crippen LogP contribution is 2.38. The topological polar surface area (TPSA) is 101 Å². The molecule has 0 aliphatic carbocycles. The Balaban J connectivity index is 1.54. The lowest BCUT2D eigenvalue weighted by molar-refractivity contribution is 0.0468. The van der Waals surface area contributed by atoms with Gasteiger partial charge in [0.2, 0.25) is 10.0 Å². The van der Waals surface area contributed by atoms with Crippen LogP contribution in [0.25, 0.3) is 0 Å². The minimum atomic E-state index is -3.78. The number of hydrogen-bond donors (Lipinski definition) is 0. The van der Waals surface area contributed by atoms with Gasteiger partial charge in [-0.15, -0.1) is 0 Å². The standard InChI is InChI=1S/C21H22ClNO8S/c1-27-18-3-2-15(32(25,26)23-4-6-28-7-5-23)12-16(18)21(24)31-13-14-10-17(22)20-19(11-14)29-8-9-30-20/h2-3,10-12H,4-9,13H2,1H3. The Morgan fingerprint density at radius 3 is 2.59 bits per heavy atom. The molecule has 0 aromatic heterocycles. The van der Waals surface area contributed by atoms with E-state index in [1.54, 1.807) is 12.1 Å². The summed E-state index contributed by atoms with van der Waals surface area (Å²) in [5, 5.41) is 0.351. The van der Waals surface area contributed by atoms with Gasteiger partial charge in [-0.25, -0.2) is 13.2 Å². The maximum atomic E-state index is 13.0. The molecule has 11 heteroatoms. The van der Waals surface area contributed by atoms with Crippen molar-refractivity contribution in [3.63, 3.8) is 0 Å². The zero-order valence-corrected chi connectivity index (χ0v) is 18.9. The molecule has 0 N–H and O–H groups in total. The molecule has 1 saturated heterocycles. The Hall–Kier alpha value is -2.53. The van der Waals surface area contributed by atoms with Gasteiger partial charge in [0, 0.05) is 13.1 Å². The largest absolute Gasteiger partial charge is 0.496 e. The van der Waals surface area contributed by atoms with Crippen molar-refractivity contribution in [1.29, 1.82) is 0 Å². The van der Waals surface area contributed by atoms with E-state index in [9.17, 15) is 13.2 Å². The molecule has 0 bridgehead atoms. The van der Waals surface area contributed by atoms with Crippen LogP contribution in [-0.4, -0.2) is 65.3 Å². The number of sulfonamides is 1. The van der Waals surface area contributed by atoms with Crippen LogP contribution in [0.2, 0.25) is 5.02 Å². The fraction of sp³-hybridized carbons (Fsp3) is 0.381. The second-order valence-electron chi connectivity index (χ2n) is 7.06. The van der Waals surface area contributed by atoms with E-state index in [1.807, 2.05) is 0 Å². The first kappa shape index (κ1) is 22.7. The molecule has 0 spiro atoms. The van der Waals surface area contributed by atoms with Crippen molar-refractivity contribution in [2.24, 2.45) is 0 Å². The van der Waals surface area contributed by atoms with Gasteiger partial charge in [-0.1, -0.05) is 11.6 Å². The third-order valence-corrected chi connectivity index (χ3v) is 7.20. The van der Waals surface area contributed by atoms with Gasteiger partial charge in [0.25, 0.3) is 0 Å². The highest BCUT2D eigenvalue weighted by atomic mass is 35.5. The Morgan fingerprint density at radius 2 is 1.84 bits per heavy atom. The molecule has 0 saturated carbocycles. The van der Waals surface area contributed by atoms with Crippen molar-refractivity contribution < 1.29 is 36.9 Å². The molecule has 32 heavy (non-hydrogen) atoms. The van der Waals surface area contributed by atoms with Crippen molar-refractivity contribution in [3.8, 4) is 17.2 Å². The Kier molecular flexibility index (Phi) is 6.75. The van der Waals surface area contributed by atoms with E-state index in [1.165, 1.54) is 29.6 Å². The molecule has 0 unspecified atom stereocenters. The molecule has 2 aliphatic heterocycles. The predicted molar refractivity (Wildman–Crippen MR) is 114 cm³/mol. The summed E-state index contributed by atoms with van der Waals surface area (Å²) in [5.41, 5.74) is 0.606. The van der Waals surface area contributed by atoms with E-state index in [2.05, 4.69) is 0 Å². The average molecular weight is 484 g/mol. The molecule has 9 nitrogen and oxygen atoms in total. The van der Waals surface area contributed by atoms with Crippen molar-refractivity contribution in [3.05, 3.63) is 46.5 Å². The van der Waals surface area contributed by atoms with Crippen molar-refractivity contribution in [2.75, 3.05) is 46.6 Å². The summed E-state index contributed by atoms with van der Waals surface area (Å²) in [4.78, 5) is 12.8. The van der Waals surface area contributed by atoms with E-state index in [0.29, 0.717) is 48.5 Å². The summed E-state index contributed by atoms with van der Waals surface area (Å²) in [6.45, 7) is 1.85. The number of halogens is 1. The minimum Gasteiger partial charge on any atom is -0.496 e. The summed E-state index contributed by atoms with van der Waals surface area (Å²) in [6, 6.07) is 7.41. The zero-order valence-electron chi connectivity index (χ0n) is 17.3. The zero-order chi connectivity index (χ0) is 22.7. The van der Waals surface area contributed by atoms with Gasteiger partial charge >= 0.3 is 5.97 Å². The quantitative estimate of drug-likeness (QED) is 0.578. The number of carbonyl (C=O) groups excluding carboxylic acids is 1. The van der Waals surface area contributed by atoms with Crippen molar-refractivity contribution in [1.82, 2.24) is 4.31 Å². The molecule has 0 radical (unpaired) electrons. The highest BCUT2D eigenvalue weighted by Gasteiger charge is 2.28. The summed E-state index contributed by atoms with van der Waals surface area (Å²) < 4.78 is 54.1. The minimum absolute atomic E-state index is 0.00507. The molecule has 2 aromatic carbocycles. The summed E-state index contributed by atoms with van der Waals surface area (Å²) in [5.74, 6) is 0.407. The van der Waals surface area contributed by atoms with Crippen LogP contribution in [0.15, 0.2) is 35.2 Å². The fourth-order valence-electron chi connectivity index (χ4n) is 3.42. The molecular formula is C21H22ClNO8S. The van der Waals surface area contributed by atoms with E-state index in [4.69, 9.17) is 35.3 Å². The first-order valence-electron chi connectivity index (χ1n) is 9.91. The van der Waals surface area contributed by atoms with Gasteiger partial charge < -0.3 is 23.7 Å². The number of carbonyl (C=O) groups is 1. The second-order valence-corrected chi connectivity index (χ2v) is 9.40. The Labute approximate surface area is 190 Å². The Bertz CT molecular complexity index is 1120. The van der Waals surface area contributed by atoms with Crippen LogP contribution >= 0.6 is 11.6 Å². The van der Waals surface area contributed by atoms with Gasteiger partial charge in [0.1, 0.15) is 31.1 Å². The summed E-state index contributed by atoms with van der Waals surface area (Å²) in [7, 11) is -2.39. The van der Waals surface area contributed by atoms with Crippen LogP contribution in [0.3, 0.4) is 0 Å². The van der Waals surface area contributed by atoms with Crippen molar-refractivity contribution in [2.45, 2.75) is 11.5 Å². The van der Waals surface area contributed by atoms with Crippen molar-refractivity contribution >= 4 is 27.6 Å². The molecule has 2 heterocycles. The van der Waals surface area contributed by atoms with Gasteiger partial charge in [0.15, 0.2) is 11.5 Å². The van der Waals surface area contributed by atoms with Gasteiger partial charge in [0.05, 0.1) is 30.2 Å². The monoisotopic (exact) mass is 483 g/mol. The lowest BCUT2D eigenvalue weighted by atomic mass is 10.2. The molecule has 0 atom stereocenters. The molecule has 0 amide bonds. The maximum Gasteiger partial charge on any atom is 0.342 e. The SMILES string of the molecule is COc1ccc(S(=O)(=O)N2CCOCC2)cc1C(=O)OCc1cc(Cl)c2c(c1)OCCO2. The van der Waals surface area contributed by atoms with Gasteiger partial charge in [-0.2, -0.15) is 4.31 Å². The van der Waals surface area contributed by atoms with E-state index < -0.39 is 16.0 Å². The van der Waals surface area contributed by atoms with E-state index >= 15 is 0 Å². The van der Waals surface area contributed by atoms with E-state index in [0.717, 1.165) is 0 Å². The molecule has 4 rings (SSSR count). The lowest BCUT2D eigenvalue weighted by Crippen LogP contribution is -2.40.